The van der Waals surface area contributed by atoms with Crippen molar-refractivity contribution in [2.75, 3.05) is 4.72 Å². The van der Waals surface area contributed by atoms with Crippen molar-refractivity contribution in [2.45, 2.75) is 46.5 Å². The predicted octanol–water partition coefficient (Wildman–Crippen LogP) is 5.25. The zero-order chi connectivity index (χ0) is 28.8. The summed E-state index contributed by atoms with van der Waals surface area (Å²) in [5, 5.41) is 0.848. The molecule has 0 unspecified atom stereocenters. The van der Waals surface area contributed by atoms with E-state index in [1.165, 1.54) is 0 Å². The summed E-state index contributed by atoms with van der Waals surface area (Å²) in [6.45, 7) is 0. The van der Waals surface area contributed by atoms with Crippen LogP contribution < -0.4 is 4.72 Å². The normalized spacial score (nSPS) is 29.4. The molecule has 0 atom stereocenters. The number of hydrogen-bond donors (Lipinski definition) is 2. The van der Waals surface area contributed by atoms with Crippen LogP contribution in [0.25, 0.3) is 0 Å². The number of carboxylic acids is 1. The number of nitrogens with one attached hydrogen (secondary N) is 1. The molecule has 0 spiro atoms. The minimum absolute atomic E-state index is 0.150. The minimum Gasteiger partial charge on any atom is -0.478 e. The Bertz CT molecular complexity index is 1130. The van der Waals surface area contributed by atoms with Gasteiger partial charge in [0.1, 0.15) is 0 Å². The highest BCUT2D eigenvalue weighted by Gasteiger charge is 3.08. The standard InChI is InChI=1S/C15H6F15NO4S/c16-8(11(21,22)15(28,29)30)9(17,18)12(23,24)14(27,13(25,26)10(8,19)20)36(34,35)31-6-3-1-5(2-4-6)7(32)33/h1-4,31H,(H,32,33). The van der Waals surface area contributed by atoms with Crippen LogP contribution in [0.15, 0.2) is 24.3 Å². The lowest BCUT2D eigenvalue weighted by molar-refractivity contribution is -0.493. The van der Waals surface area contributed by atoms with Gasteiger partial charge < -0.3 is 5.11 Å². The number of carboxylic acid groups (broad SMARTS) is 1. The summed E-state index contributed by atoms with van der Waals surface area (Å²) in [6, 6.07) is 0.998. The topological polar surface area (TPSA) is 83.5 Å². The largest absolute Gasteiger partial charge is 0.478 e. The highest BCUT2D eigenvalue weighted by atomic mass is 32.2. The van der Waals surface area contributed by atoms with Crippen molar-refractivity contribution in [1.82, 2.24) is 0 Å². The van der Waals surface area contributed by atoms with Crippen LogP contribution in [0.1, 0.15) is 10.4 Å². The van der Waals surface area contributed by atoms with E-state index in [2.05, 4.69) is 0 Å². The number of anilines is 1. The molecule has 206 valence electrons. The van der Waals surface area contributed by atoms with Crippen LogP contribution >= 0.6 is 0 Å². The Morgan fingerprint density at radius 1 is 0.722 bits per heavy atom. The highest BCUT2D eigenvalue weighted by Crippen LogP contribution is 2.74. The molecule has 1 aromatic carbocycles. The van der Waals surface area contributed by atoms with E-state index >= 15 is 0 Å². The van der Waals surface area contributed by atoms with Gasteiger partial charge in [0.15, 0.2) is 0 Å². The molecule has 0 radical (unpaired) electrons. The van der Waals surface area contributed by atoms with Crippen molar-refractivity contribution < 1.29 is 84.2 Å². The van der Waals surface area contributed by atoms with Crippen LogP contribution in [-0.2, 0) is 10.0 Å². The van der Waals surface area contributed by atoms with Gasteiger partial charge in [0.2, 0.25) is 0 Å². The zero-order valence-electron chi connectivity index (χ0n) is 16.1. The number of benzene rings is 1. The molecule has 0 saturated heterocycles. The average molecular weight is 581 g/mol. The molecule has 1 aromatic rings. The van der Waals surface area contributed by atoms with E-state index in [1.807, 2.05) is 0 Å². The number of carbonyl (C=O) groups is 1. The second-order valence-corrected chi connectivity index (χ2v) is 8.89. The molecule has 1 aliphatic rings. The fourth-order valence-electron chi connectivity index (χ4n) is 3.06. The van der Waals surface area contributed by atoms with Gasteiger partial charge in [0.25, 0.3) is 10.0 Å². The van der Waals surface area contributed by atoms with Crippen molar-refractivity contribution >= 4 is 21.7 Å². The lowest BCUT2D eigenvalue weighted by atomic mass is 9.69. The van der Waals surface area contributed by atoms with Crippen LogP contribution in [0.2, 0.25) is 0 Å². The minimum atomic E-state index is -8.63. The molecule has 1 aliphatic carbocycles. The van der Waals surface area contributed by atoms with E-state index < -0.39 is 73.7 Å². The fraction of sp³-hybridized carbons (Fsp3) is 0.533. The maximum absolute atomic E-state index is 14.9. The number of alkyl halides is 15. The lowest BCUT2D eigenvalue weighted by Gasteiger charge is -2.55. The zero-order valence-corrected chi connectivity index (χ0v) is 16.9. The van der Waals surface area contributed by atoms with Crippen molar-refractivity contribution in [3.63, 3.8) is 0 Å². The molecule has 1 saturated carbocycles. The lowest BCUT2D eigenvalue weighted by Crippen LogP contribution is -2.90. The third kappa shape index (κ3) is 3.06. The van der Waals surface area contributed by atoms with Gasteiger partial charge in [-0.2, -0.15) is 57.1 Å². The van der Waals surface area contributed by atoms with Crippen molar-refractivity contribution in [1.29, 1.82) is 0 Å². The second-order valence-electron chi connectivity index (χ2n) is 7.11. The van der Waals surface area contributed by atoms with E-state index in [-0.39, 0.29) is 12.1 Å². The fourth-order valence-corrected chi connectivity index (χ4v) is 4.58. The Morgan fingerprint density at radius 3 is 1.39 bits per heavy atom. The van der Waals surface area contributed by atoms with Crippen LogP contribution in [0.3, 0.4) is 0 Å². The van der Waals surface area contributed by atoms with Gasteiger partial charge in [0.05, 0.1) is 5.56 Å². The molecule has 0 heterocycles. The van der Waals surface area contributed by atoms with E-state index in [0.717, 1.165) is 0 Å². The van der Waals surface area contributed by atoms with Gasteiger partial charge in [0, 0.05) is 5.69 Å². The van der Waals surface area contributed by atoms with E-state index in [4.69, 9.17) is 5.11 Å². The number of aromatic carboxylic acids is 1. The molecule has 5 nitrogen and oxygen atoms in total. The summed E-state index contributed by atoms with van der Waals surface area (Å²) in [5.74, 6) is -43.7. The molecule has 2 N–H and O–H groups in total. The second kappa shape index (κ2) is 7.46. The van der Waals surface area contributed by atoms with E-state index in [0.29, 0.717) is 16.9 Å². The summed E-state index contributed by atoms with van der Waals surface area (Å²) in [7, 11) is -7.77. The molecular formula is C15H6F15NO4S. The van der Waals surface area contributed by atoms with Crippen LogP contribution in [0, 0.1) is 0 Å². The quantitative estimate of drug-likeness (QED) is 0.466. The Kier molecular flexibility index (Phi) is 6.14. The van der Waals surface area contributed by atoms with E-state index in [1.54, 1.807) is 0 Å². The third-order valence-corrected chi connectivity index (χ3v) is 6.76. The Morgan fingerprint density at radius 2 is 1.08 bits per heavy atom. The third-order valence-electron chi connectivity index (χ3n) is 5.00. The Balaban J connectivity index is 2.89. The first-order chi connectivity index (χ1) is 15.6. The summed E-state index contributed by atoms with van der Waals surface area (Å²) in [5.41, 5.74) is -10.8. The molecular weight excluding hydrogens is 575 g/mol. The first kappa shape index (κ1) is 29.6. The Hall–Kier alpha value is -2.61. The van der Waals surface area contributed by atoms with Crippen LogP contribution in [-0.4, -0.2) is 66.0 Å². The number of sulfonamides is 1. The number of rotatable bonds is 5. The smallest absolute Gasteiger partial charge is 0.457 e. The highest BCUT2D eigenvalue weighted by molar-refractivity contribution is 7.94. The summed E-state index contributed by atoms with van der Waals surface area (Å²) >= 11 is 0. The van der Waals surface area contributed by atoms with Crippen molar-refractivity contribution in [3.05, 3.63) is 29.8 Å². The predicted molar refractivity (Wildman–Crippen MR) is 84.4 cm³/mol. The molecule has 0 aliphatic heterocycles. The summed E-state index contributed by atoms with van der Waals surface area (Å²) in [6.07, 6.45) is -7.99. The molecule has 1 fully saturated rings. The summed E-state index contributed by atoms with van der Waals surface area (Å²) < 4.78 is 231. The van der Waals surface area contributed by atoms with Crippen molar-refractivity contribution in [2.24, 2.45) is 0 Å². The molecule has 21 heteroatoms. The molecule has 0 aromatic heterocycles. The van der Waals surface area contributed by atoms with Gasteiger partial charge in [-0.05, 0) is 24.3 Å². The molecule has 0 bridgehead atoms. The van der Waals surface area contributed by atoms with Gasteiger partial charge in [-0.1, -0.05) is 0 Å². The Labute approximate surface area is 187 Å². The molecule has 2 rings (SSSR count). The maximum Gasteiger partial charge on any atom is 0.457 e. The van der Waals surface area contributed by atoms with Gasteiger partial charge >= 0.3 is 52.4 Å². The van der Waals surface area contributed by atoms with Crippen LogP contribution in [0.4, 0.5) is 71.5 Å². The van der Waals surface area contributed by atoms with Gasteiger partial charge in [-0.25, -0.2) is 22.0 Å². The molecule has 0 amide bonds. The summed E-state index contributed by atoms with van der Waals surface area (Å²) in [4.78, 5) is 10.7. The SMILES string of the molecule is O=C(O)c1ccc(NS(=O)(=O)C2(F)C(F)(F)C(F)(F)C(F)(C(F)(F)C(F)(F)F)C(F)(F)C2(F)F)cc1. The maximum atomic E-state index is 14.9. The monoisotopic (exact) mass is 581 g/mol. The van der Waals surface area contributed by atoms with Gasteiger partial charge in [-0.3, -0.25) is 4.72 Å². The van der Waals surface area contributed by atoms with E-state index in [9.17, 15) is 79.1 Å². The number of halogens is 15. The van der Waals surface area contributed by atoms with Crippen LogP contribution in [0.5, 0.6) is 0 Å². The number of hydrogen-bond acceptors (Lipinski definition) is 3. The van der Waals surface area contributed by atoms with Crippen molar-refractivity contribution in [3.8, 4) is 0 Å². The average Bonchev–Trinajstić information content (AvgIpc) is 2.69. The molecule has 36 heavy (non-hydrogen) atoms. The first-order valence-electron chi connectivity index (χ1n) is 8.33. The van der Waals surface area contributed by atoms with Gasteiger partial charge in [-0.15, -0.1) is 0 Å². The first-order valence-corrected chi connectivity index (χ1v) is 9.81.